The van der Waals surface area contributed by atoms with Gasteiger partial charge in [-0.1, -0.05) is 42.0 Å². The molecule has 0 bridgehead atoms. The van der Waals surface area contributed by atoms with Crippen molar-refractivity contribution in [3.63, 3.8) is 0 Å². The number of hydrazine groups is 1. The van der Waals surface area contributed by atoms with Gasteiger partial charge < -0.3 is 9.64 Å². The monoisotopic (exact) mass is 505 g/mol. The van der Waals surface area contributed by atoms with E-state index in [-0.39, 0.29) is 29.7 Å². The first-order valence-electron chi connectivity index (χ1n) is 13.4. The van der Waals surface area contributed by atoms with Crippen molar-refractivity contribution in [2.24, 2.45) is 11.8 Å². The van der Waals surface area contributed by atoms with E-state index in [2.05, 4.69) is 47.3 Å². The zero-order chi connectivity index (χ0) is 25.9. The lowest BCUT2D eigenvalue weighted by atomic mass is 9.83. The minimum absolute atomic E-state index is 0.0365. The number of carbonyl (C=O) groups is 2. The average molecular weight is 506 g/mol. The molecule has 3 saturated heterocycles. The second-order valence-corrected chi connectivity index (χ2v) is 10.7. The fraction of sp³-hybridized carbons (Fsp3) is 0.517. The van der Waals surface area contributed by atoms with Crippen LogP contribution in [-0.2, 0) is 20.9 Å². The molecule has 0 aliphatic carbocycles. The molecule has 0 saturated carbocycles. The number of aryl methyl sites for hydroxylation is 2. The van der Waals surface area contributed by atoms with Crippen LogP contribution >= 0.6 is 0 Å². The predicted molar refractivity (Wildman–Crippen MR) is 144 cm³/mol. The molecule has 0 aromatic heterocycles. The first kappa shape index (κ1) is 25.9. The average Bonchev–Trinajstić information content (AvgIpc) is 3.26. The topological polar surface area (TPSA) is 68.4 Å². The first-order valence-corrected chi connectivity index (χ1v) is 13.4. The van der Waals surface area contributed by atoms with Gasteiger partial charge in [0.15, 0.2) is 0 Å². The highest BCUT2D eigenvalue weighted by Crippen LogP contribution is 2.33. The number of piperidine rings is 1. The standard InChI is InChI=1S/C29H39N5O3/c1-21-9-10-22(2)23(17-21)18-31-11-13-33(14-12-31)28(35)25-19-32(15-16-37-3)20-26-27(25)30-34(29(26)36)24-7-5-4-6-8-24/h4-10,17,25-27,30H,11-16,18-20H2,1-3H3. The van der Waals surface area contributed by atoms with Crippen molar-refractivity contribution < 1.29 is 14.3 Å². The molecule has 3 atom stereocenters. The summed E-state index contributed by atoms with van der Waals surface area (Å²) in [5, 5.41) is 1.65. The quantitative estimate of drug-likeness (QED) is 0.622. The van der Waals surface area contributed by atoms with Crippen LogP contribution < -0.4 is 10.4 Å². The summed E-state index contributed by atoms with van der Waals surface area (Å²) in [5.74, 6) is -0.350. The van der Waals surface area contributed by atoms with Crippen molar-refractivity contribution in [3.8, 4) is 0 Å². The Morgan fingerprint density at radius 1 is 1.00 bits per heavy atom. The summed E-state index contributed by atoms with van der Waals surface area (Å²) < 4.78 is 5.31. The van der Waals surface area contributed by atoms with Crippen LogP contribution in [-0.4, -0.2) is 92.1 Å². The van der Waals surface area contributed by atoms with Crippen LogP contribution in [0.25, 0.3) is 0 Å². The third-order valence-corrected chi connectivity index (χ3v) is 8.12. The molecule has 0 radical (unpaired) electrons. The van der Waals surface area contributed by atoms with Crippen LogP contribution in [0.3, 0.4) is 0 Å². The Morgan fingerprint density at radius 3 is 2.49 bits per heavy atom. The van der Waals surface area contributed by atoms with Gasteiger partial charge in [-0.2, -0.15) is 0 Å². The summed E-state index contributed by atoms with van der Waals surface area (Å²) in [6, 6.07) is 16.1. The summed E-state index contributed by atoms with van der Waals surface area (Å²) in [4.78, 5) is 34.0. The molecule has 8 nitrogen and oxygen atoms in total. The highest BCUT2D eigenvalue weighted by atomic mass is 16.5. The van der Waals surface area contributed by atoms with Gasteiger partial charge in [-0.05, 0) is 37.1 Å². The van der Waals surface area contributed by atoms with E-state index < -0.39 is 0 Å². The summed E-state index contributed by atoms with van der Waals surface area (Å²) in [5.41, 5.74) is 8.20. The van der Waals surface area contributed by atoms with Crippen LogP contribution in [0.1, 0.15) is 16.7 Å². The molecule has 198 valence electrons. The molecule has 2 aromatic rings. The number of carbonyl (C=O) groups excluding carboxylic acids is 2. The Labute approximate surface area is 220 Å². The summed E-state index contributed by atoms with van der Waals surface area (Å²) >= 11 is 0. The molecule has 8 heteroatoms. The number of nitrogens with zero attached hydrogens (tertiary/aromatic N) is 4. The van der Waals surface area contributed by atoms with E-state index in [1.54, 1.807) is 12.1 Å². The van der Waals surface area contributed by atoms with Crippen LogP contribution in [0.4, 0.5) is 5.69 Å². The SMILES string of the molecule is COCCN1CC(C(=O)N2CCN(Cc3cc(C)ccc3C)CC2)C2NN(c3ccccc3)C(=O)C2C1. The molecule has 2 amide bonds. The maximum absolute atomic E-state index is 13.9. The molecule has 3 heterocycles. The van der Waals surface area contributed by atoms with E-state index in [0.717, 1.165) is 25.3 Å². The van der Waals surface area contributed by atoms with Gasteiger partial charge in [-0.25, -0.2) is 10.4 Å². The number of piperazine rings is 1. The molecular weight excluding hydrogens is 466 g/mol. The molecule has 3 aliphatic rings. The normalized spacial score (nSPS) is 24.9. The van der Waals surface area contributed by atoms with Gasteiger partial charge in [0, 0.05) is 59.5 Å². The highest BCUT2D eigenvalue weighted by Gasteiger charge is 2.51. The molecule has 3 unspecified atom stereocenters. The number of ether oxygens (including phenoxy) is 1. The number of amides is 2. The Kier molecular flexibility index (Phi) is 7.90. The minimum atomic E-state index is -0.279. The van der Waals surface area contributed by atoms with E-state index >= 15 is 0 Å². The van der Waals surface area contributed by atoms with Crippen LogP contribution in [0.2, 0.25) is 0 Å². The van der Waals surface area contributed by atoms with Gasteiger partial charge in [0.25, 0.3) is 0 Å². The van der Waals surface area contributed by atoms with Gasteiger partial charge in [0.2, 0.25) is 11.8 Å². The third kappa shape index (κ3) is 5.57. The highest BCUT2D eigenvalue weighted by molar-refractivity contribution is 5.98. The van der Waals surface area contributed by atoms with Crippen LogP contribution in [0, 0.1) is 25.7 Å². The van der Waals surface area contributed by atoms with Crippen molar-refractivity contribution in [1.82, 2.24) is 20.1 Å². The molecule has 37 heavy (non-hydrogen) atoms. The molecule has 0 spiro atoms. The van der Waals surface area contributed by atoms with Crippen LogP contribution in [0.5, 0.6) is 0 Å². The van der Waals surface area contributed by atoms with Crippen LogP contribution in [0.15, 0.2) is 48.5 Å². The number of likely N-dealkylation sites (tertiary alicyclic amines) is 1. The molecule has 5 rings (SSSR count). The second-order valence-electron chi connectivity index (χ2n) is 10.7. The summed E-state index contributed by atoms with van der Waals surface area (Å²) in [6.45, 7) is 10.9. The van der Waals surface area contributed by atoms with E-state index in [1.807, 2.05) is 35.2 Å². The van der Waals surface area contributed by atoms with Crippen molar-refractivity contribution in [2.75, 3.05) is 64.5 Å². The zero-order valence-electron chi connectivity index (χ0n) is 22.2. The molecule has 2 aromatic carbocycles. The number of para-hydroxylation sites is 1. The van der Waals surface area contributed by atoms with E-state index in [0.29, 0.717) is 39.3 Å². The number of hydrogen-bond acceptors (Lipinski definition) is 6. The fourth-order valence-electron chi connectivity index (χ4n) is 5.91. The maximum atomic E-state index is 13.9. The Morgan fingerprint density at radius 2 is 1.76 bits per heavy atom. The second kappa shape index (κ2) is 11.3. The molecule has 3 fully saturated rings. The lowest BCUT2D eigenvalue weighted by Gasteiger charge is -2.42. The van der Waals surface area contributed by atoms with Crippen molar-refractivity contribution in [3.05, 3.63) is 65.2 Å². The Hall–Kier alpha value is -2.78. The lowest BCUT2D eigenvalue weighted by Crippen LogP contribution is -2.60. The number of anilines is 1. The predicted octanol–water partition coefficient (Wildman–Crippen LogP) is 2.06. The number of fused-ring (bicyclic) bond motifs is 1. The van der Waals surface area contributed by atoms with E-state index in [4.69, 9.17) is 4.74 Å². The molecule has 1 N–H and O–H groups in total. The fourth-order valence-corrected chi connectivity index (χ4v) is 5.91. The number of benzene rings is 2. The van der Waals surface area contributed by atoms with Crippen molar-refractivity contribution in [1.29, 1.82) is 0 Å². The van der Waals surface area contributed by atoms with E-state index in [9.17, 15) is 9.59 Å². The number of methoxy groups -OCH3 is 1. The number of rotatable bonds is 7. The Bertz CT molecular complexity index is 1100. The smallest absolute Gasteiger partial charge is 0.247 e. The first-order chi connectivity index (χ1) is 17.9. The van der Waals surface area contributed by atoms with Gasteiger partial charge in [-0.3, -0.25) is 19.4 Å². The molecular formula is C29H39N5O3. The third-order valence-electron chi connectivity index (χ3n) is 8.12. The van der Waals surface area contributed by atoms with Gasteiger partial charge in [0.1, 0.15) is 0 Å². The number of hydrogen-bond donors (Lipinski definition) is 1. The molecule has 3 aliphatic heterocycles. The van der Waals surface area contributed by atoms with E-state index in [1.165, 1.54) is 16.7 Å². The van der Waals surface area contributed by atoms with Gasteiger partial charge >= 0.3 is 0 Å². The van der Waals surface area contributed by atoms with Gasteiger partial charge in [0.05, 0.1) is 30.2 Å². The zero-order valence-corrected chi connectivity index (χ0v) is 22.2. The summed E-state index contributed by atoms with van der Waals surface area (Å²) in [7, 11) is 1.69. The minimum Gasteiger partial charge on any atom is -0.383 e. The lowest BCUT2D eigenvalue weighted by molar-refractivity contribution is -0.141. The van der Waals surface area contributed by atoms with Crippen molar-refractivity contribution in [2.45, 2.75) is 26.4 Å². The van der Waals surface area contributed by atoms with Gasteiger partial charge in [-0.15, -0.1) is 0 Å². The maximum Gasteiger partial charge on any atom is 0.247 e. The number of nitrogens with one attached hydrogen (secondary N) is 1. The largest absolute Gasteiger partial charge is 0.383 e. The Balaban J connectivity index is 1.27. The summed E-state index contributed by atoms with van der Waals surface area (Å²) in [6.07, 6.45) is 0. The van der Waals surface area contributed by atoms with Crippen molar-refractivity contribution >= 4 is 17.5 Å².